The molecule has 0 saturated carbocycles. The third-order valence-corrected chi connectivity index (χ3v) is 6.34. The second-order valence-electron chi connectivity index (χ2n) is 7.10. The zero-order chi connectivity index (χ0) is 21.9. The highest BCUT2D eigenvalue weighted by atomic mass is 32.2. The van der Waals surface area contributed by atoms with Gasteiger partial charge in [0.25, 0.3) is 5.66 Å². The number of thioether (sulfide) groups is 1. The van der Waals surface area contributed by atoms with Crippen LogP contribution in [0.4, 0.5) is 18.9 Å². The first-order valence-corrected chi connectivity index (χ1v) is 11.3. The predicted molar refractivity (Wildman–Crippen MR) is 122 cm³/mol. The van der Waals surface area contributed by atoms with Gasteiger partial charge in [0.1, 0.15) is 0 Å². The lowest BCUT2D eigenvalue weighted by Gasteiger charge is -2.33. The standard InChI is InChI=1S/C22H24F3N2OPS/c1-3-30-12-16(22(24,25)29)21(14-8-10-20(28)17(23)11-14)27-19-6-4-5-18-15(19)9-7-13(2)26-18/h4-11,16,21,27-28H,3,12,29H2,1-2H3. The SMILES string of the molecule is CCSCC(C(Nc1cccc2nc(C)ccc12)c1ccc(O)c(F)c1)C(F)(F)P. The third-order valence-electron chi connectivity index (χ3n) is 4.91. The van der Waals surface area contributed by atoms with Gasteiger partial charge in [-0.05, 0) is 54.6 Å². The molecule has 0 spiro atoms. The number of pyridine rings is 1. The van der Waals surface area contributed by atoms with E-state index in [9.17, 15) is 18.3 Å². The Labute approximate surface area is 180 Å². The van der Waals surface area contributed by atoms with Crippen LogP contribution in [0.1, 0.15) is 24.2 Å². The summed E-state index contributed by atoms with van der Waals surface area (Å²) >= 11 is 1.40. The number of anilines is 1. The molecule has 0 bridgehead atoms. The topological polar surface area (TPSA) is 45.2 Å². The van der Waals surface area contributed by atoms with Gasteiger partial charge < -0.3 is 10.4 Å². The van der Waals surface area contributed by atoms with Crippen molar-refractivity contribution in [2.75, 3.05) is 16.8 Å². The first-order chi connectivity index (χ1) is 14.2. The van der Waals surface area contributed by atoms with Gasteiger partial charge in [-0.15, -0.1) is 0 Å². The van der Waals surface area contributed by atoms with Crippen molar-refractivity contribution in [3.05, 3.63) is 65.6 Å². The predicted octanol–water partition coefficient (Wildman–Crippen LogP) is 6.38. The maximum atomic E-state index is 14.6. The average Bonchev–Trinajstić information content (AvgIpc) is 2.68. The van der Waals surface area contributed by atoms with Gasteiger partial charge in [-0.25, -0.2) is 13.2 Å². The van der Waals surface area contributed by atoms with Crippen LogP contribution in [0.3, 0.4) is 0 Å². The summed E-state index contributed by atoms with van der Waals surface area (Å²) in [6.07, 6.45) is 0. The summed E-state index contributed by atoms with van der Waals surface area (Å²) in [6, 6.07) is 12.1. The number of aromatic hydroxyl groups is 1. The molecule has 30 heavy (non-hydrogen) atoms. The normalized spacial score (nSPS) is 13.9. The highest BCUT2D eigenvalue weighted by Gasteiger charge is 2.41. The molecule has 0 aliphatic heterocycles. The number of aromatic nitrogens is 1. The molecule has 0 radical (unpaired) electrons. The van der Waals surface area contributed by atoms with Gasteiger partial charge in [-0.1, -0.05) is 28.3 Å². The Morgan fingerprint density at radius 1 is 1.20 bits per heavy atom. The van der Waals surface area contributed by atoms with E-state index in [2.05, 4.69) is 10.3 Å². The van der Waals surface area contributed by atoms with Crippen LogP contribution >= 0.6 is 21.0 Å². The summed E-state index contributed by atoms with van der Waals surface area (Å²) in [5.41, 5.74) is -0.517. The number of alkyl halides is 2. The number of halogens is 3. The summed E-state index contributed by atoms with van der Waals surface area (Å²) in [5.74, 6) is -1.63. The van der Waals surface area contributed by atoms with Crippen molar-refractivity contribution in [1.29, 1.82) is 0 Å². The second-order valence-corrected chi connectivity index (χ2v) is 9.19. The smallest absolute Gasteiger partial charge is 0.264 e. The first kappa shape index (κ1) is 22.7. The van der Waals surface area contributed by atoms with Crippen molar-refractivity contribution in [2.24, 2.45) is 5.92 Å². The van der Waals surface area contributed by atoms with E-state index < -0.39 is 29.2 Å². The van der Waals surface area contributed by atoms with Gasteiger partial charge in [0.05, 0.1) is 17.5 Å². The maximum Gasteiger partial charge on any atom is 0.264 e. The number of rotatable bonds is 8. The molecular formula is C22H24F3N2OPS. The number of hydrogen-bond donors (Lipinski definition) is 2. The molecule has 0 aliphatic rings. The zero-order valence-electron chi connectivity index (χ0n) is 16.7. The molecule has 0 amide bonds. The van der Waals surface area contributed by atoms with Crippen LogP contribution in [0.2, 0.25) is 0 Å². The fourth-order valence-corrected chi connectivity index (χ4v) is 4.74. The average molecular weight is 452 g/mol. The third kappa shape index (κ3) is 5.19. The van der Waals surface area contributed by atoms with Crippen molar-refractivity contribution in [3.8, 4) is 5.75 Å². The number of phenolic OH excluding ortho intramolecular Hbond substituents is 1. The number of fused-ring (bicyclic) bond motifs is 1. The van der Waals surface area contributed by atoms with Gasteiger partial charge >= 0.3 is 0 Å². The second kappa shape index (κ2) is 9.44. The van der Waals surface area contributed by atoms with Crippen LogP contribution in [0.25, 0.3) is 10.9 Å². The van der Waals surface area contributed by atoms with E-state index in [0.29, 0.717) is 17.0 Å². The Morgan fingerprint density at radius 2 is 1.97 bits per heavy atom. The minimum atomic E-state index is -3.09. The molecule has 3 rings (SSSR count). The van der Waals surface area contributed by atoms with Crippen LogP contribution in [-0.2, 0) is 0 Å². The van der Waals surface area contributed by atoms with E-state index in [1.165, 1.54) is 23.9 Å². The number of phenols is 1. The van der Waals surface area contributed by atoms with Crippen molar-refractivity contribution < 1.29 is 18.3 Å². The summed E-state index contributed by atoms with van der Waals surface area (Å²) in [5, 5.41) is 13.6. The summed E-state index contributed by atoms with van der Waals surface area (Å²) in [7, 11) is 1.63. The summed E-state index contributed by atoms with van der Waals surface area (Å²) < 4.78 is 43.4. The molecular weight excluding hydrogens is 428 g/mol. The summed E-state index contributed by atoms with van der Waals surface area (Å²) in [6.45, 7) is 3.79. The van der Waals surface area contributed by atoms with E-state index in [1.54, 1.807) is 21.4 Å². The Balaban J connectivity index is 2.10. The molecule has 160 valence electrons. The van der Waals surface area contributed by atoms with Crippen molar-refractivity contribution in [3.63, 3.8) is 0 Å². The molecule has 3 nitrogen and oxygen atoms in total. The number of nitrogens with one attached hydrogen (secondary N) is 1. The molecule has 1 aromatic heterocycles. The van der Waals surface area contributed by atoms with Crippen molar-refractivity contribution in [2.45, 2.75) is 25.6 Å². The molecule has 2 aromatic carbocycles. The van der Waals surface area contributed by atoms with Crippen molar-refractivity contribution in [1.82, 2.24) is 4.98 Å². The Morgan fingerprint density at radius 3 is 2.63 bits per heavy atom. The van der Waals surface area contributed by atoms with Crippen LogP contribution in [0.5, 0.6) is 5.75 Å². The molecule has 2 N–H and O–H groups in total. The number of benzene rings is 2. The van der Waals surface area contributed by atoms with Crippen LogP contribution in [-0.4, -0.2) is 27.3 Å². The lowest BCUT2D eigenvalue weighted by molar-refractivity contribution is 0.0380. The summed E-state index contributed by atoms with van der Waals surface area (Å²) in [4.78, 5) is 4.50. The molecule has 3 atom stereocenters. The molecule has 8 heteroatoms. The Kier molecular flexibility index (Phi) is 7.14. The minimum absolute atomic E-state index is 0.176. The highest BCUT2D eigenvalue weighted by Crippen LogP contribution is 2.44. The van der Waals surface area contributed by atoms with E-state index in [-0.39, 0.29) is 5.75 Å². The van der Waals surface area contributed by atoms with Crippen molar-refractivity contribution >= 4 is 37.6 Å². The van der Waals surface area contributed by atoms with Gasteiger partial charge in [-0.3, -0.25) is 4.98 Å². The highest BCUT2D eigenvalue weighted by molar-refractivity contribution is 7.99. The monoisotopic (exact) mass is 452 g/mol. The van der Waals surface area contributed by atoms with E-state index in [0.717, 1.165) is 22.7 Å². The maximum absolute atomic E-state index is 14.6. The van der Waals surface area contributed by atoms with E-state index in [1.807, 2.05) is 32.0 Å². The van der Waals surface area contributed by atoms with Crippen LogP contribution in [0.15, 0.2) is 48.5 Å². The molecule has 0 saturated heterocycles. The van der Waals surface area contributed by atoms with Gasteiger partial charge in [-0.2, -0.15) is 11.8 Å². The molecule has 0 fully saturated rings. The fourth-order valence-electron chi connectivity index (χ4n) is 3.36. The fraction of sp³-hybridized carbons (Fsp3) is 0.318. The Hall–Kier alpha value is -1.98. The van der Waals surface area contributed by atoms with Gasteiger partial charge in [0.15, 0.2) is 11.6 Å². The quantitative estimate of drug-likeness (QED) is 0.390. The minimum Gasteiger partial charge on any atom is -0.505 e. The van der Waals surface area contributed by atoms with Crippen LogP contribution < -0.4 is 5.32 Å². The number of nitrogens with zero attached hydrogens (tertiary/aromatic N) is 1. The molecule has 1 heterocycles. The van der Waals surface area contributed by atoms with Crippen LogP contribution in [0, 0.1) is 18.7 Å². The lowest BCUT2D eigenvalue weighted by Crippen LogP contribution is -2.34. The van der Waals surface area contributed by atoms with Gasteiger partial charge in [0.2, 0.25) is 0 Å². The molecule has 3 unspecified atom stereocenters. The van der Waals surface area contributed by atoms with Gasteiger partial charge in [0, 0.05) is 22.5 Å². The Bertz CT molecular complexity index is 1030. The number of hydrogen-bond acceptors (Lipinski definition) is 4. The molecule has 0 aliphatic carbocycles. The van der Waals surface area contributed by atoms with E-state index in [4.69, 9.17) is 0 Å². The number of aryl methyl sites for hydroxylation is 1. The molecule has 3 aromatic rings. The largest absolute Gasteiger partial charge is 0.505 e. The first-order valence-electron chi connectivity index (χ1n) is 9.56. The lowest BCUT2D eigenvalue weighted by atomic mass is 9.93. The van der Waals surface area contributed by atoms with E-state index >= 15 is 0 Å². The zero-order valence-corrected chi connectivity index (χ0v) is 18.7.